The van der Waals surface area contributed by atoms with Gasteiger partial charge in [-0.15, -0.1) is 0 Å². The number of aryl methyl sites for hydroxylation is 1. The SMILES string of the molecule is CC(C)c1cccc(C(C)C)c1N1C(=N)c2ccccc2CC[C@]23CC2(C)c2ccccc2C1=N3.CCCCC. The first-order valence-corrected chi connectivity index (χ1v) is 15.5. The lowest BCUT2D eigenvalue weighted by molar-refractivity contribution is 0.518. The Kier molecular flexibility index (Phi) is 7.79. The summed E-state index contributed by atoms with van der Waals surface area (Å²) >= 11 is 0. The zero-order valence-corrected chi connectivity index (χ0v) is 25.6. The number of amidine groups is 2. The van der Waals surface area contributed by atoms with Crippen LogP contribution in [0.25, 0.3) is 0 Å². The van der Waals surface area contributed by atoms with E-state index < -0.39 is 0 Å². The second kappa shape index (κ2) is 11.0. The molecule has 0 saturated heterocycles. The van der Waals surface area contributed by atoms with E-state index in [0.29, 0.717) is 17.7 Å². The number of hydrogen-bond donors (Lipinski definition) is 1. The minimum atomic E-state index is -0.0998. The summed E-state index contributed by atoms with van der Waals surface area (Å²) in [6, 6.07) is 24.0. The van der Waals surface area contributed by atoms with Crippen molar-refractivity contribution in [2.45, 2.75) is 110 Å². The van der Waals surface area contributed by atoms with E-state index in [1.165, 1.54) is 47.1 Å². The second-order valence-electron chi connectivity index (χ2n) is 12.8. The van der Waals surface area contributed by atoms with Gasteiger partial charge in [0.25, 0.3) is 0 Å². The molecule has 2 atom stereocenters. The van der Waals surface area contributed by atoms with Gasteiger partial charge >= 0.3 is 0 Å². The highest BCUT2D eigenvalue weighted by Crippen LogP contribution is 2.65. The van der Waals surface area contributed by atoms with Crippen LogP contribution in [0.4, 0.5) is 5.69 Å². The monoisotopic (exact) mass is 533 g/mol. The first-order chi connectivity index (χ1) is 19.2. The maximum Gasteiger partial charge on any atom is 0.142 e. The summed E-state index contributed by atoms with van der Waals surface area (Å²) in [4.78, 5) is 7.83. The van der Waals surface area contributed by atoms with Gasteiger partial charge in [0.15, 0.2) is 0 Å². The van der Waals surface area contributed by atoms with Crippen molar-refractivity contribution in [3.05, 3.63) is 100 Å². The predicted octanol–water partition coefficient (Wildman–Crippen LogP) is 9.77. The maximum absolute atomic E-state index is 9.71. The minimum Gasteiger partial charge on any atom is -0.283 e. The smallest absolute Gasteiger partial charge is 0.142 e. The van der Waals surface area contributed by atoms with Crippen LogP contribution in [0.15, 0.2) is 71.7 Å². The van der Waals surface area contributed by atoms with Crippen molar-refractivity contribution in [2.24, 2.45) is 4.99 Å². The van der Waals surface area contributed by atoms with Crippen LogP contribution in [0, 0.1) is 5.41 Å². The van der Waals surface area contributed by atoms with Crippen molar-refractivity contribution >= 4 is 17.4 Å². The van der Waals surface area contributed by atoms with Gasteiger partial charge in [0, 0.05) is 16.5 Å². The van der Waals surface area contributed by atoms with Crippen LogP contribution >= 0.6 is 0 Å². The molecular formula is C37H47N3. The number of hydrogen-bond acceptors (Lipinski definition) is 2. The maximum atomic E-state index is 9.71. The minimum absolute atomic E-state index is 0.0681. The molecule has 2 heterocycles. The van der Waals surface area contributed by atoms with Crippen molar-refractivity contribution in [2.75, 3.05) is 4.90 Å². The largest absolute Gasteiger partial charge is 0.283 e. The first-order valence-electron chi connectivity index (χ1n) is 15.5. The molecule has 210 valence electrons. The quantitative estimate of drug-likeness (QED) is 0.348. The standard InChI is InChI=1S/C32H35N3.C5H12/c1-20(2)23-14-10-15-24(21(3)4)28(23)35-29(33)25-12-7-6-11-22(25)17-18-32-19-31(32,5)27-16-9-8-13-26(27)30(35)34-32;1-3-5-4-2/h6-16,20-21,33H,17-19H2,1-5H3;3-5H2,1-2H3/t31?,32-;/m0./s1. The lowest BCUT2D eigenvalue weighted by Crippen LogP contribution is -2.43. The molecule has 0 radical (unpaired) electrons. The van der Waals surface area contributed by atoms with E-state index in [-0.39, 0.29) is 11.0 Å². The summed E-state index contributed by atoms with van der Waals surface area (Å²) < 4.78 is 0. The van der Waals surface area contributed by atoms with Gasteiger partial charge in [0.2, 0.25) is 0 Å². The Hall–Kier alpha value is -3.20. The summed E-state index contributed by atoms with van der Waals surface area (Å²) in [6.45, 7) is 15.8. The normalized spacial score (nSPS) is 22.7. The molecule has 2 bridgehead atoms. The molecular weight excluding hydrogens is 486 g/mol. The fourth-order valence-corrected chi connectivity index (χ4v) is 6.94. The third kappa shape index (κ3) is 4.62. The van der Waals surface area contributed by atoms with Crippen LogP contribution in [0.2, 0.25) is 0 Å². The highest BCUT2D eigenvalue weighted by molar-refractivity contribution is 6.30. The van der Waals surface area contributed by atoms with Crippen LogP contribution in [-0.4, -0.2) is 17.2 Å². The predicted molar refractivity (Wildman–Crippen MR) is 172 cm³/mol. The van der Waals surface area contributed by atoms with E-state index in [4.69, 9.17) is 4.99 Å². The zero-order valence-electron chi connectivity index (χ0n) is 25.6. The van der Waals surface area contributed by atoms with Gasteiger partial charge in [0.1, 0.15) is 11.7 Å². The summed E-state index contributed by atoms with van der Waals surface area (Å²) in [7, 11) is 0. The summed E-state index contributed by atoms with van der Waals surface area (Å²) in [5.74, 6) is 2.15. The van der Waals surface area contributed by atoms with Crippen LogP contribution in [0.1, 0.15) is 126 Å². The number of aliphatic imine (C=N–C) groups is 1. The molecule has 1 aliphatic carbocycles. The number of nitrogens with zero attached hydrogens (tertiary/aromatic N) is 2. The Labute approximate surface area is 242 Å². The van der Waals surface area contributed by atoms with Crippen LogP contribution < -0.4 is 4.90 Å². The van der Waals surface area contributed by atoms with Crippen molar-refractivity contribution in [1.29, 1.82) is 5.41 Å². The van der Waals surface area contributed by atoms with E-state index in [1.807, 2.05) is 0 Å². The Morgan fingerprint density at radius 2 is 1.43 bits per heavy atom. The summed E-state index contributed by atoms with van der Waals surface area (Å²) in [5, 5.41) is 9.71. The van der Waals surface area contributed by atoms with E-state index in [9.17, 15) is 5.41 Å². The number of anilines is 1. The third-order valence-corrected chi connectivity index (χ3v) is 9.42. The van der Waals surface area contributed by atoms with E-state index in [1.54, 1.807) is 0 Å². The van der Waals surface area contributed by atoms with Crippen molar-refractivity contribution in [3.63, 3.8) is 0 Å². The Morgan fingerprint density at radius 1 is 0.825 bits per heavy atom. The van der Waals surface area contributed by atoms with Gasteiger partial charge in [-0.05, 0) is 53.4 Å². The molecule has 0 amide bonds. The topological polar surface area (TPSA) is 39.5 Å². The molecule has 2 aliphatic heterocycles. The molecule has 1 saturated carbocycles. The average Bonchev–Trinajstić information content (AvgIpc) is 3.57. The van der Waals surface area contributed by atoms with E-state index in [0.717, 1.165) is 36.3 Å². The molecule has 1 spiro atoms. The Balaban J connectivity index is 0.000000595. The molecule has 3 aromatic rings. The highest BCUT2D eigenvalue weighted by atomic mass is 15.3. The molecule has 3 heteroatoms. The fourth-order valence-electron chi connectivity index (χ4n) is 6.94. The van der Waals surface area contributed by atoms with Gasteiger partial charge in [-0.3, -0.25) is 15.3 Å². The van der Waals surface area contributed by atoms with E-state index >= 15 is 0 Å². The molecule has 3 aromatic carbocycles. The molecule has 40 heavy (non-hydrogen) atoms. The molecule has 3 aliphatic rings. The van der Waals surface area contributed by atoms with Gasteiger partial charge in [-0.1, -0.05) is 134 Å². The lowest BCUT2D eigenvalue weighted by atomic mass is 9.83. The average molecular weight is 534 g/mol. The lowest BCUT2D eigenvalue weighted by Gasteiger charge is -2.37. The number of para-hydroxylation sites is 1. The molecule has 1 fully saturated rings. The van der Waals surface area contributed by atoms with Crippen LogP contribution in [-0.2, 0) is 11.8 Å². The van der Waals surface area contributed by atoms with Crippen molar-refractivity contribution in [1.82, 2.24) is 0 Å². The number of unbranched alkanes of at least 4 members (excludes halogenated alkanes) is 2. The van der Waals surface area contributed by atoms with Gasteiger partial charge in [-0.2, -0.15) is 0 Å². The molecule has 1 unspecified atom stereocenters. The number of fused-ring (bicyclic) bond motifs is 4. The van der Waals surface area contributed by atoms with Gasteiger partial charge in [-0.25, -0.2) is 0 Å². The highest BCUT2D eigenvalue weighted by Gasteiger charge is 2.68. The number of rotatable bonds is 5. The van der Waals surface area contributed by atoms with Gasteiger partial charge in [0.05, 0.1) is 11.2 Å². The number of nitrogens with one attached hydrogen (secondary N) is 1. The second-order valence-corrected chi connectivity index (χ2v) is 12.8. The third-order valence-electron chi connectivity index (χ3n) is 9.42. The summed E-state index contributed by atoms with van der Waals surface area (Å²) in [6.07, 6.45) is 7.12. The fraction of sp³-hybridized carbons (Fsp3) is 0.459. The van der Waals surface area contributed by atoms with E-state index in [2.05, 4.69) is 120 Å². The molecule has 6 rings (SSSR count). The van der Waals surface area contributed by atoms with Crippen molar-refractivity contribution in [3.8, 4) is 0 Å². The molecule has 1 N–H and O–H groups in total. The van der Waals surface area contributed by atoms with Gasteiger partial charge < -0.3 is 0 Å². The Bertz CT molecular complexity index is 1400. The summed E-state index contributed by atoms with van der Waals surface area (Å²) in [5.41, 5.74) is 8.51. The number of benzene rings is 3. The van der Waals surface area contributed by atoms with Crippen LogP contribution in [0.5, 0.6) is 0 Å². The van der Waals surface area contributed by atoms with Crippen molar-refractivity contribution < 1.29 is 0 Å². The van der Waals surface area contributed by atoms with Crippen LogP contribution in [0.3, 0.4) is 0 Å². The zero-order chi connectivity index (χ0) is 28.7. The first kappa shape index (κ1) is 28.3. The Morgan fingerprint density at radius 3 is 2.02 bits per heavy atom. The molecule has 0 aromatic heterocycles. The molecule has 3 nitrogen and oxygen atoms in total.